The second kappa shape index (κ2) is 29.2. The van der Waals surface area contributed by atoms with Gasteiger partial charge < -0.3 is 45.0 Å². The van der Waals surface area contributed by atoms with Gasteiger partial charge in [-0.15, -0.1) is 0 Å². The number of carbonyl (C=O) groups excluding carboxylic acids is 3. The Balaban J connectivity index is -0.0000000184. The van der Waals surface area contributed by atoms with Gasteiger partial charge in [0.2, 0.25) is 0 Å². The number of carboxylic acid groups (broad SMARTS) is 6. The van der Waals surface area contributed by atoms with E-state index in [-0.39, 0.29) is 47.6 Å². The summed E-state index contributed by atoms with van der Waals surface area (Å²) in [5, 5.41) is 50.0. The number of hydrogen-bond acceptors (Lipinski definition) is 9. The summed E-state index contributed by atoms with van der Waals surface area (Å²) in [6, 6.07) is 0. The van der Waals surface area contributed by atoms with E-state index in [1.807, 2.05) is 0 Å². The van der Waals surface area contributed by atoms with E-state index < -0.39 is 18.5 Å². The molecule has 90 valence electrons. The fraction of sp³-hybridized carbons (Fsp3) is 0. The Morgan fingerprint density at radius 3 is 0.533 bits per heavy atom. The third-order valence-electron chi connectivity index (χ3n) is 0. The summed E-state index contributed by atoms with van der Waals surface area (Å²) >= 11 is 0. The van der Waals surface area contributed by atoms with E-state index in [1.54, 1.807) is 0 Å². The fourth-order valence-corrected chi connectivity index (χ4v) is 0. The summed E-state index contributed by atoms with van der Waals surface area (Å²) in [4.78, 5) is 25.0. The second-order valence-electron chi connectivity index (χ2n) is 0.750. The summed E-state index contributed by atoms with van der Waals surface area (Å²) in [7, 11) is 0. The van der Waals surface area contributed by atoms with Gasteiger partial charge in [0.05, 0.1) is 0 Å². The predicted molar refractivity (Wildman–Crippen MR) is 26.6 cm³/mol. The summed E-state index contributed by atoms with van der Waals surface area (Å²) in [6.07, 6.45) is -7.00. The molecule has 12 heteroatoms. The first-order valence-corrected chi connectivity index (χ1v) is 1.84. The fourth-order valence-electron chi connectivity index (χ4n) is 0. The van der Waals surface area contributed by atoms with Gasteiger partial charge in [-0.1, -0.05) is 0 Å². The van der Waals surface area contributed by atoms with Crippen molar-refractivity contribution in [3.8, 4) is 0 Å². The van der Waals surface area contributed by atoms with Crippen LogP contribution in [0.5, 0.6) is 0 Å². The van der Waals surface area contributed by atoms with Crippen molar-refractivity contribution in [1.82, 2.24) is 0 Å². The molecule has 0 spiro atoms. The van der Waals surface area contributed by atoms with Crippen LogP contribution >= 0.6 is 13.5 Å². The van der Waals surface area contributed by atoms with Gasteiger partial charge >= 0.3 is 34.1 Å². The minimum atomic E-state index is -2.33. The zero-order valence-corrected chi connectivity index (χ0v) is 9.59. The molecule has 0 unspecified atom stereocenters. The van der Waals surface area contributed by atoms with Crippen molar-refractivity contribution in [2.75, 3.05) is 0 Å². The molecule has 0 aliphatic carbocycles. The van der Waals surface area contributed by atoms with E-state index in [0.717, 1.165) is 0 Å². The standard InChI is InChI=1S/3CH2O3.2Fe.H2S/c3*2-1(3)4;;;/h3*(H2,2,3,4);;;1H2/q;;;2*+3;/p-6. The van der Waals surface area contributed by atoms with Gasteiger partial charge in [0.1, 0.15) is 0 Å². The Bertz CT molecular complexity index is 121. The molecule has 0 amide bonds. The first-order valence-electron chi connectivity index (χ1n) is 1.84. The molecule has 0 heterocycles. The van der Waals surface area contributed by atoms with Crippen LogP contribution in [0.2, 0.25) is 0 Å². The van der Waals surface area contributed by atoms with Crippen LogP contribution in [-0.2, 0) is 34.1 Å². The molecular formula is C3H2Fe2O9S. The minimum absolute atomic E-state index is 0. The third kappa shape index (κ3) is 2580. The number of rotatable bonds is 0. The molecule has 0 aromatic carbocycles. The molecule has 0 atom stereocenters. The topological polar surface area (TPSA) is 190 Å². The smallest absolute Gasteiger partial charge is 0.652 e. The van der Waals surface area contributed by atoms with Crippen LogP contribution in [-0.4, -0.2) is 18.5 Å². The van der Waals surface area contributed by atoms with Crippen LogP contribution in [0, 0.1) is 0 Å². The second-order valence-corrected chi connectivity index (χ2v) is 0.750. The molecule has 15 heavy (non-hydrogen) atoms. The normalized spacial score (nSPS) is 4.80. The zero-order valence-electron chi connectivity index (χ0n) is 6.38. The zero-order chi connectivity index (χ0) is 10.7. The Hall–Kier alpha value is -0.801. The van der Waals surface area contributed by atoms with E-state index in [1.165, 1.54) is 0 Å². The number of hydrogen-bond donors (Lipinski definition) is 0. The van der Waals surface area contributed by atoms with Crippen LogP contribution in [0.1, 0.15) is 0 Å². The molecule has 0 aromatic heterocycles. The van der Waals surface area contributed by atoms with Gasteiger partial charge in [-0.2, -0.15) is 13.5 Å². The molecule has 0 fully saturated rings. The van der Waals surface area contributed by atoms with Crippen LogP contribution in [0.3, 0.4) is 0 Å². The first-order chi connectivity index (χ1) is 5.20. The van der Waals surface area contributed by atoms with Crippen molar-refractivity contribution in [3.05, 3.63) is 0 Å². The van der Waals surface area contributed by atoms with Crippen LogP contribution in [0.15, 0.2) is 0 Å². The quantitative estimate of drug-likeness (QED) is 0.389. The summed E-state index contributed by atoms with van der Waals surface area (Å²) in [5.74, 6) is 0. The van der Waals surface area contributed by atoms with Gasteiger partial charge in [-0.3, -0.25) is 0 Å². The summed E-state index contributed by atoms with van der Waals surface area (Å²) in [5.41, 5.74) is 0. The van der Waals surface area contributed by atoms with Crippen molar-refractivity contribution >= 4 is 32.0 Å². The Morgan fingerprint density at radius 2 is 0.533 bits per heavy atom. The Labute approximate surface area is 111 Å². The summed E-state index contributed by atoms with van der Waals surface area (Å²) < 4.78 is 0. The van der Waals surface area contributed by atoms with Crippen LogP contribution in [0.4, 0.5) is 14.4 Å². The molecule has 0 N–H and O–H groups in total. The summed E-state index contributed by atoms with van der Waals surface area (Å²) in [6.45, 7) is 0. The maximum atomic E-state index is 8.33. The van der Waals surface area contributed by atoms with Gasteiger partial charge in [-0.05, 0) is 18.5 Å². The van der Waals surface area contributed by atoms with E-state index in [0.29, 0.717) is 0 Å². The van der Waals surface area contributed by atoms with E-state index >= 15 is 0 Å². The van der Waals surface area contributed by atoms with Gasteiger partial charge in [0.15, 0.2) is 0 Å². The molecule has 0 aliphatic rings. The molecule has 0 saturated heterocycles. The maximum Gasteiger partial charge on any atom is 3.00 e. The molecule has 0 rings (SSSR count). The van der Waals surface area contributed by atoms with Crippen molar-refractivity contribution in [2.45, 2.75) is 0 Å². The largest absolute Gasteiger partial charge is 3.00 e. The van der Waals surface area contributed by atoms with Gasteiger partial charge in [0, 0.05) is 0 Å². The predicted octanol–water partition coefficient (Wildman–Crippen LogP) is -7.23. The minimum Gasteiger partial charge on any atom is -0.652 e. The molecule has 0 aliphatic heterocycles. The van der Waals surface area contributed by atoms with Crippen molar-refractivity contribution in [2.24, 2.45) is 0 Å². The average molecular weight is 326 g/mol. The van der Waals surface area contributed by atoms with Gasteiger partial charge in [0.25, 0.3) is 0 Å². The Kier molecular flexibility index (Phi) is 71.7. The SMILES string of the molecule is O=C([O-])[O-].O=C([O-])[O-].O=C([O-])[O-].S.[Fe+3].[Fe+3]. The van der Waals surface area contributed by atoms with Crippen molar-refractivity contribution in [3.63, 3.8) is 0 Å². The third-order valence-corrected chi connectivity index (χ3v) is 0. The van der Waals surface area contributed by atoms with E-state index in [9.17, 15) is 0 Å². The van der Waals surface area contributed by atoms with Crippen molar-refractivity contribution < 1.29 is 79.2 Å². The molecule has 9 nitrogen and oxygen atoms in total. The first kappa shape index (κ1) is 36.8. The monoisotopic (exact) mass is 326 g/mol. The average Bonchev–Trinajstić information content (AvgIpc) is 1.54. The molecule has 0 aromatic rings. The number of carbonyl (C=O) groups is 3. The Morgan fingerprint density at radius 1 is 0.533 bits per heavy atom. The molecular weight excluding hydrogens is 324 g/mol. The van der Waals surface area contributed by atoms with E-state index in [2.05, 4.69) is 0 Å². The molecule has 0 saturated carbocycles. The van der Waals surface area contributed by atoms with Gasteiger partial charge in [-0.25, -0.2) is 0 Å². The van der Waals surface area contributed by atoms with Crippen LogP contribution < -0.4 is 30.6 Å². The van der Waals surface area contributed by atoms with Crippen LogP contribution in [0.25, 0.3) is 0 Å². The molecule has 0 bridgehead atoms. The van der Waals surface area contributed by atoms with Crippen molar-refractivity contribution in [1.29, 1.82) is 0 Å². The molecule has 2 radical (unpaired) electrons. The maximum absolute atomic E-state index is 8.33. The van der Waals surface area contributed by atoms with E-state index in [4.69, 9.17) is 45.0 Å².